The highest BCUT2D eigenvalue weighted by Gasteiger charge is 2.51. The number of thiazole rings is 1. The van der Waals surface area contributed by atoms with E-state index in [1.165, 1.54) is 27.4 Å². The zero-order valence-corrected chi connectivity index (χ0v) is 21.0. The lowest BCUT2D eigenvalue weighted by molar-refractivity contribution is -0.118. The molecule has 0 spiro atoms. The van der Waals surface area contributed by atoms with Crippen molar-refractivity contribution in [2.24, 2.45) is 0 Å². The molecule has 1 aliphatic rings. The summed E-state index contributed by atoms with van der Waals surface area (Å²) in [5.41, 5.74) is 1.42. The quantitative estimate of drug-likeness (QED) is 0.354. The van der Waals surface area contributed by atoms with Gasteiger partial charge < -0.3 is 5.32 Å². The third kappa shape index (κ3) is 4.87. The van der Waals surface area contributed by atoms with E-state index in [2.05, 4.69) is 15.3 Å². The second-order valence-electron chi connectivity index (χ2n) is 8.62. The molecule has 3 aromatic rings. The number of allylic oxidation sites excluding steroid dienone is 1. The number of aryl methyl sites for hydroxylation is 1. The van der Waals surface area contributed by atoms with Gasteiger partial charge in [-0.05, 0) is 43.4 Å². The van der Waals surface area contributed by atoms with Crippen molar-refractivity contribution in [1.82, 2.24) is 15.0 Å². The number of carbonyl (C=O) groups excluding carboxylic acids is 2. The second kappa shape index (κ2) is 10.1. The van der Waals surface area contributed by atoms with Crippen molar-refractivity contribution in [3.8, 4) is 11.1 Å². The molecule has 0 saturated heterocycles. The van der Waals surface area contributed by atoms with Crippen molar-refractivity contribution in [3.63, 3.8) is 0 Å². The molecular weight excluding hydrogens is 465 g/mol. The Morgan fingerprint density at radius 3 is 2.63 bits per heavy atom. The molecule has 0 unspecified atom stereocenters. The molecular formula is C26H28FN5O2S. The van der Waals surface area contributed by atoms with E-state index in [0.29, 0.717) is 29.1 Å². The first-order valence-corrected chi connectivity index (χ1v) is 12.3. The maximum atomic E-state index is 15.1. The van der Waals surface area contributed by atoms with Gasteiger partial charge >= 0.3 is 0 Å². The molecule has 9 heteroatoms. The summed E-state index contributed by atoms with van der Waals surface area (Å²) in [6.07, 6.45) is 9.70. The van der Waals surface area contributed by atoms with Crippen LogP contribution in [0.15, 0.2) is 55.0 Å². The lowest BCUT2D eigenvalue weighted by Gasteiger charge is -2.30. The number of anilines is 2. The number of hydrazine groups is 1. The van der Waals surface area contributed by atoms with Crippen LogP contribution in [0.1, 0.15) is 37.1 Å². The van der Waals surface area contributed by atoms with Crippen LogP contribution in [-0.4, -0.2) is 40.9 Å². The minimum absolute atomic E-state index is 0.0950. The average Bonchev–Trinajstić information content (AvgIpc) is 3.54. The normalized spacial score (nSPS) is 14.3. The molecule has 1 aromatic carbocycles. The molecule has 7 nitrogen and oxygen atoms in total. The SMILES string of the molecule is C/C=C/C(=O)N(c1c(F)cncc1-c1cccc(C2(C(=O)Nc3ncc(CC)s3)CC2)c1)N(C)C. The Bertz CT molecular complexity index is 1280. The first kappa shape index (κ1) is 24.7. The summed E-state index contributed by atoms with van der Waals surface area (Å²) in [5.74, 6) is -1.09. The van der Waals surface area contributed by atoms with E-state index >= 15 is 4.39 Å². The number of benzene rings is 1. The van der Waals surface area contributed by atoms with E-state index < -0.39 is 11.2 Å². The molecule has 182 valence electrons. The molecule has 1 N–H and O–H groups in total. The Hall–Kier alpha value is -3.43. The molecule has 0 radical (unpaired) electrons. The van der Waals surface area contributed by atoms with Gasteiger partial charge in [0.2, 0.25) is 5.91 Å². The van der Waals surface area contributed by atoms with Crippen LogP contribution in [0, 0.1) is 5.82 Å². The molecule has 0 atom stereocenters. The van der Waals surface area contributed by atoms with Crippen LogP contribution in [-0.2, 0) is 21.4 Å². The highest BCUT2D eigenvalue weighted by molar-refractivity contribution is 7.15. The van der Waals surface area contributed by atoms with Gasteiger partial charge in [0.25, 0.3) is 5.91 Å². The maximum Gasteiger partial charge on any atom is 0.265 e. The van der Waals surface area contributed by atoms with Crippen LogP contribution in [0.4, 0.5) is 15.2 Å². The van der Waals surface area contributed by atoms with E-state index in [0.717, 1.165) is 23.1 Å². The van der Waals surface area contributed by atoms with Crippen LogP contribution in [0.25, 0.3) is 11.1 Å². The summed E-state index contributed by atoms with van der Waals surface area (Å²) in [4.78, 5) is 35.5. The molecule has 2 heterocycles. The fraction of sp³-hybridized carbons (Fsp3) is 0.308. The van der Waals surface area contributed by atoms with Gasteiger partial charge in [0.15, 0.2) is 10.9 Å². The number of amides is 2. The van der Waals surface area contributed by atoms with Gasteiger partial charge in [0.1, 0.15) is 5.69 Å². The molecule has 1 fully saturated rings. The lowest BCUT2D eigenvalue weighted by atomic mass is 9.91. The van der Waals surface area contributed by atoms with Crippen LogP contribution >= 0.6 is 11.3 Å². The minimum atomic E-state index is -0.656. The van der Waals surface area contributed by atoms with Gasteiger partial charge in [-0.1, -0.05) is 31.2 Å². The first-order valence-electron chi connectivity index (χ1n) is 11.4. The highest BCUT2D eigenvalue weighted by Crippen LogP contribution is 2.50. The number of nitrogens with zero attached hydrogens (tertiary/aromatic N) is 4. The summed E-state index contributed by atoms with van der Waals surface area (Å²) in [5, 5.41) is 6.36. The smallest absolute Gasteiger partial charge is 0.265 e. The molecule has 1 saturated carbocycles. The fourth-order valence-electron chi connectivity index (χ4n) is 4.08. The van der Waals surface area contributed by atoms with Gasteiger partial charge in [-0.15, -0.1) is 11.3 Å². The standard InChI is InChI=1S/C26H28FN5O2S/c1-5-8-22(33)32(31(3)4)23-20(15-28-16-21(23)27)17-9-7-10-18(13-17)26(11-12-26)24(34)30-25-29-14-19(6-2)35-25/h5,7-10,13-16H,6,11-12H2,1-4H3,(H,29,30,34)/b8-5+. The molecule has 0 aliphatic heterocycles. The van der Waals surface area contributed by atoms with Crippen molar-refractivity contribution < 1.29 is 14.0 Å². The predicted molar refractivity (Wildman–Crippen MR) is 137 cm³/mol. The number of pyridine rings is 1. The van der Waals surface area contributed by atoms with Crippen molar-refractivity contribution in [2.75, 3.05) is 24.4 Å². The van der Waals surface area contributed by atoms with Gasteiger partial charge in [-0.25, -0.2) is 19.4 Å². The number of hydrogen-bond donors (Lipinski definition) is 1. The summed E-state index contributed by atoms with van der Waals surface area (Å²) >= 11 is 1.48. The topological polar surface area (TPSA) is 78.4 Å². The third-order valence-electron chi connectivity index (χ3n) is 6.04. The Balaban J connectivity index is 1.71. The first-order chi connectivity index (χ1) is 16.8. The maximum absolute atomic E-state index is 15.1. The minimum Gasteiger partial charge on any atom is -0.301 e. The number of hydrogen-bond acceptors (Lipinski definition) is 6. The molecule has 35 heavy (non-hydrogen) atoms. The Kier molecular flexibility index (Phi) is 7.09. The van der Waals surface area contributed by atoms with E-state index in [4.69, 9.17) is 0 Å². The molecule has 1 aliphatic carbocycles. The van der Waals surface area contributed by atoms with Crippen molar-refractivity contribution >= 4 is 34.0 Å². The number of aromatic nitrogens is 2. The Morgan fingerprint density at radius 1 is 1.23 bits per heavy atom. The summed E-state index contributed by atoms with van der Waals surface area (Å²) < 4.78 is 15.1. The van der Waals surface area contributed by atoms with Crippen LogP contribution in [0.2, 0.25) is 0 Å². The van der Waals surface area contributed by atoms with E-state index in [1.807, 2.05) is 31.2 Å². The van der Waals surface area contributed by atoms with Crippen molar-refractivity contribution in [3.05, 3.63) is 71.3 Å². The van der Waals surface area contributed by atoms with E-state index in [1.54, 1.807) is 39.5 Å². The van der Waals surface area contributed by atoms with E-state index in [9.17, 15) is 9.59 Å². The number of nitrogens with one attached hydrogen (secondary N) is 1. The molecule has 2 amide bonds. The van der Waals surface area contributed by atoms with Crippen LogP contribution < -0.4 is 10.3 Å². The zero-order chi connectivity index (χ0) is 25.2. The number of halogens is 1. The fourth-order valence-corrected chi connectivity index (χ4v) is 4.82. The molecule has 4 rings (SSSR count). The highest BCUT2D eigenvalue weighted by atomic mass is 32.1. The average molecular weight is 494 g/mol. The zero-order valence-electron chi connectivity index (χ0n) is 20.2. The third-order valence-corrected chi connectivity index (χ3v) is 7.09. The lowest BCUT2D eigenvalue weighted by Crippen LogP contribution is -2.42. The van der Waals surface area contributed by atoms with Gasteiger partial charge in [-0.3, -0.25) is 14.6 Å². The van der Waals surface area contributed by atoms with Gasteiger partial charge in [0.05, 0.1) is 11.6 Å². The summed E-state index contributed by atoms with van der Waals surface area (Å²) in [7, 11) is 3.35. The largest absolute Gasteiger partial charge is 0.301 e. The van der Waals surface area contributed by atoms with E-state index in [-0.39, 0.29) is 17.5 Å². The van der Waals surface area contributed by atoms with Crippen molar-refractivity contribution in [2.45, 2.75) is 38.5 Å². The molecule has 2 aromatic heterocycles. The summed E-state index contributed by atoms with van der Waals surface area (Å²) in [6.45, 7) is 3.78. The predicted octanol–water partition coefficient (Wildman–Crippen LogP) is 4.96. The van der Waals surface area contributed by atoms with Crippen LogP contribution in [0.3, 0.4) is 0 Å². The van der Waals surface area contributed by atoms with Gasteiger partial charge in [0, 0.05) is 43.0 Å². The molecule has 0 bridgehead atoms. The van der Waals surface area contributed by atoms with Crippen LogP contribution in [0.5, 0.6) is 0 Å². The second-order valence-corrected chi connectivity index (χ2v) is 9.73. The Labute approximate surface area is 208 Å². The monoisotopic (exact) mass is 493 g/mol. The summed E-state index contributed by atoms with van der Waals surface area (Å²) in [6, 6.07) is 7.48. The number of carbonyl (C=O) groups is 2. The van der Waals surface area contributed by atoms with Crippen molar-refractivity contribution in [1.29, 1.82) is 0 Å². The Morgan fingerprint density at radius 2 is 2.00 bits per heavy atom. The van der Waals surface area contributed by atoms with Gasteiger partial charge in [-0.2, -0.15) is 0 Å². The number of rotatable bonds is 8.